The summed E-state index contributed by atoms with van der Waals surface area (Å²) in [6, 6.07) is 6.89. The van der Waals surface area contributed by atoms with Crippen LogP contribution in [0.25, 0.3) is 0 Å². The summed E-state index contributed by atoms with van der Waals surface area (Å²) in [5.74, 6) is 0. The van der Waals surface area contributed by atoms with Crippen molar-refractivity contribution in [3.05, 3.63) is 23.3 Å². The SMILES string of the molecule is CNc1cc(C#N)c(C#N)cc1N. The second kappa shape index (κ2) is 3.46. The summed E-state index contributed by atoms with van der Waals surface area (Å²) in [7, 11) is 1.71. The molecule has 0 atom stereocenters. The summed E-state index contributed by atoms with van der Waals surface area (Å²) in [5, 5.41) is 20.2. The van der Waals surface area contributed by atoms with Gasteiger partial charge < -0.3 is 11.1 Å². The van der Waals surface area contributed by atoms with Crippen molar-refractivity contribution in [3.63, 3.8) is 0 Å². The predicted octanol–water partition coefficient (Wildman–Crippen LogP) is 1.05. The molecule has 13 heavy (non-hydrogen) atoms. The Hall–Kier alpha value is -2.20. The van der Waals surface area contributed by atoms with E-state index in [4.69, 9.17) is 16.3 Å². The van der Waals surface area contributed by atoms with Crippen LogP contribution in [0.1, 0.15) is 11.1 Å². The van der Waals surface area contributed by atoms with E-state index in [-0.39, 0.29) is 0 Å². The smallest absolute Gasteiger partial charge is 0.101 e. The highest BCUT2D eigenvalue weighted by atomic mass is 14.8. The number of nitrogens with one attached hydrogen (secondary N) is 1. The van der Waals surface area contributed by atoms with Crippen LogP contribution in [0.5, 0.6) is 0 Å². The van der Waals surface area contributed by atoms with E-state index in [1.165, 1.54) is 6.07 Å². The van der Waals surface area contributed by atoms with E-state index in [0.717, 1.165) is 0 Å². The number of anilines is 2. The van der Waals surface area contributed by atoms with E-state index in [0.29, 0.717) is 22.5 Å². The minimum Gasteiger partial charge on any atom is -0.397 e. The lowest BCUT2D eigenvalue weighted by atomic mass is 10.1. The number of nitrogen functional groups attached to an aromatic ring is 1. The third-order valence-corrected chi connectivity index (χ3v) is 1.70. The molecule has 3 N–H and O–H groups in total. The molecule has 0 radical (unpaired) electrons. The Morgan fingerprint density at radius 3 is 2.23 bits per heavy atom. The van der Waals surface area contributed by atoms with Gasteiger partial charge in [0.25, 0.3) is 0 Å². The van der Waals surface area contributed by atoms with Crippen molar-refractivity contribution in [2.45, 2.75) is 0 Å². The molecule has 0 amide bonds. The van der Waals surface area contributed by atoms with Crippen molar-refractivity contribution in [2.24, 2.45) is 0 Å². The number of rotatable bonds is 1. The van der Waals surface area contributed by atoms with Crippen molar-refractivity contribution >= 4 is 11.4 Å². The fourth-order valence-electron chi connectivity index (χ4n) is 1.02. The van der Waals surface area contributed by atoms with E-state index in [1.807, 2.05) is 12.1 Å². The van der Waals surface area contributed by atoms with Crippen molar-refractivity contribution < 1.29 is 0 Å². The van der Waals surface area contributed by atoms with E-state index in [2.05, 4.69) is 5.32 Å². The van der Waals surface area contributed by atoms with Gasteiger partial charge in [0.05, 0.1) is 22.5 Å². The van der Waals surface area contributed by atoms with Crippen molar-refractivity contribution in [2.75, 3.05) is 18.1 Å². The maximum absolute atomic E-state index is 8.69. The Labute approximate surface area is 76.2 Å². The average Bonchev–Trinajstić information content (AvgIpc) is 2.17. The van der Waals surface area contributed by atoms with Crippen LogP contribution in [0, 0.1) is 22.7 Å². The van der Waals surface area contributed by atoms with Crippen molar-refractivity contribution in [1.29, 1.82) is 10.5 Å². The summed E-state index contributed by atoms with van der Waals surface area (Å²) in [6.45, 7) is 0. The first kappa shape index (κ1) is 8.89. The molecule has 4 heteroatoms. The van der Waals surface area contributed by atoms with Gasteiger partial charge in [-0.1, -0.05) is 0 Å². The maximum atomic E-state index is 8.69. The van der Waals surface area contributed by atoms with Gasteiger partial charge >= 0.3 is 0 Å². The number of hydrogen-bond donors (Lipinski definition) is 2. The fourth-order valence-corrected chi connectivity index (χ4v) is 1.02. The lowest BCUT2D eigenvalue weighted by molar-refractivity contribution is 1.41. The quantitative estimate of drug-likeness (QED) is 0.620. The number of nitrogens with two attached hydrogens (primary N) is 1. The Morgan fingerprint density at radius 2 is 1.77 bits per heavy atom. The third-order valence-electron chi connectivity index (χ3n) is 1.70. The molecular formula is C9H8N4. The normalized spacial score (nSPS) is 8.54. The molecule has 0 bridgehead atoms. The zero-order valence-electron chi connectivity index (χ0n) is 7.13. The molecule has 0 saturated heterocycles. The standard InChI is InChI=1S/C9H8N4/c1-13-9-3-7(5-11)6(4-10)2-8(9)12/h2-3,13H,12H2,1H3. The molecule has 1 aromatic carbocycles. The van der Waals surface area contributed by atoms with Crippen LogP contribution >= 0.6 is 0 Å². The molecule has 0 heterocycles. The largest absolute Gasteiger partial charge is 0.397 e. The number of hydrogen-bond acceptors (Lipinski definition) is 4. The average molecular weight is 172 g/mol. The third kappa shape index (κ3) is 1.52. The zero-order valence-corrected chi connectivity index (χ0v) is 7.13. The molecule has 0 aliphatic carbocycles. The maximum Gasteiger partial charge on any atom is 0.101 e. The first-order valence-corrected chi connectivity index (χ1v) is 3.64. The number of nitrogens with zero attached hydrogens (tertiary/aromatic N) is 2. The van der Waals surface area contributed by atoms with Gasteiger partial charge in [0, 0.05) is 7.05 Å². The minimum absolute atomic E-state index is 0.305. The summed E-state index contributed by atoms with van der Waals surface area (Å²) < 4.78 is 0. The predicted molar refractivity (Wildman–Crippen MR) is 49.8 cm³/mol. The van der Waals surface area contributed by atoms with E-state index >= 15 is 0 Å². The topological polar surface area (TPSA) is 85.6 Å². The van der Waals surface area contributed by atoms with Crippen LogP contribution in [-0.2, 0) is 0 Å². The van der Waals surface area contributed by atoms with Crippen LogP contribution in [0.2, 0.25) is 0 Å². The molecule has 4 nitrogen and oxygen atoms in total. The van der Waals surface area contributed by atoms with Crippen LogP contribution in [0.4, 0.5) is 11.4 Å². The second-order valence-electron chi connectivity index (χ2n) is 2.46. The van der Waals surface area contributed by atoms with Gasteiger partial charge in [0.1, 0.15) is 12.1 Å². The zero-order chi connectivity index (χ0) is 9.84. The Morgan fingerprint density at radius 1 is 1.23 bits per heavy atom. The molecule has 0 aliphatic heterocycles. The highest BCUT2D eigenvalue weighted by Gasteiger charge is 2.05. The second-order valence-corrected chi connectivity index (χ2v) is 2.46. The van der Waals surface area contributed by atoms with Crippen LogP contribution < -0.4 is 11.1 Å². The van der Waals surface area contributed by atoms with Crippen molar-refractivity contribution in [1.82, 2.24) is 0 Å². The lowest BCUT2D eigenvalue weighted by Crippen LogP contribution is -1.98. The van der Waals surface area contributed by atoms with Gasteiger partial charge in [0.15, 0.2) is 0 Å². The number of nitriles is 2. The Bertz CT molecular complexity index is 409. The summed E-state index contributed by atoms with van der Waals surface area (Å²) in [6.07, 6.45) is 0. The summed E-state index contributed by atoms with van der Waals surface area (Å²) in [5.41, 5.74) is 7.38. The minimum atomic E-state index is 0.305. The van der Waals surface area contributed by atoms with Crippen LogP contribution in [0.15, 0.2) is 12.1 Å². The Kier molecular flexibility index (Phi) is 2.37. The first-order valence-electron chi connectivity index (χ1n) is 3.64. The van der Waals surface area contributed by atoms with Gasteiger partial charge in [-0.2, -0.15) is 10.5 Å². The molecule has 0 saturated carbocycles. The van der Waals surface area contributed by atoms with Gasteiger partial charge in [0.2, 0.25) is 0 Å². The molecule has 0 aromatic heterocycles. The Balaban J connectivity index is 3.39. The molecule has 1 rings (SSSR count). The first-order chi connectivity index (χ1) is 6.22. The highest BCUT2D eigenvalue weighted by molar-refractivity contribution is 5.71. The van der Waals surface area contributed by atoms with Gasteiger partial charge in [-0.15, -0.1) is 0 Å². The lowest BCUT2D eigenvalue weighted by Gasteiger charge is -2.05. The molecule has 0 unspecified atom stereocenters. The molecule has 0 fully saturated rings. The summed E-state index contributed by atoms with van der Waals surface area (Å²) in [4.78, 5) is 0. The number of benzene rings is 1. The van der Waals surface area contributed by atoms with Gasteiger partial charge in [-0.05, 0) is 12.1 Å². The van der Waals surface area contributed by atoms with Crippen LogP contribution in [0.3, 0.4) is 0 Å². The highest BCUT2D eigenvalue weighted by Crippen LogP contribution is 2.22. The molecule has 1 aromatic rings. The monoisotopic (exact) mass is 172 g/mol. The molecule has 64 valence electrons. The van der Waals surface area contributed by atoms with Gasteiger partial charge in [-0.25, -0.2) is 0 Å². The van der Waals surface area contributed by atoms with Crippen LogP contribution in [-0.4, -0.2) is 7.05 Å². The molecular weight excluding hydrogens is 164 g/mol. The molecule has 0 spiro atoms. The van der Waals surface area contributed by atoms with E-state index < -0.39 is 0 Å². The fraction of sp³-hybridized carbons (Fsp3) is 0.111. The summed E-state index contributed by atoms with van der Waals surface area (Å²) >= 11 is 0. The van der Waals surface area contributed by atoms with E-state index in [9.17, 15) is 0 Å². The molecule has 0 aliphatic rings. The van der Waals surface area contributed by atoms with Crippen molar-refractivity contribution in [3.8, 4) is 12.1 Å². The van der Waals surface area contributed by atoms with E-state index in [1.54, 1.807) is 13.1 Å². The van der Waals surface area contributed by atoms with Gasteiger partial charge in [-0.3, -0.25) is 0 Å².